The minimum atomic E-state index is -4.66. The molecule has 0 spiro atoms. The summed E-state index contributed by atoms with van der Waals surface area (Å²) in [6.45, 7) is 0.252. The lowest BCUT2D eigenvalue weighted by atomic mass is 10.1. The Balaban J connectivity index is 1.81. The van der Waals surface area contributed by atoms with Gasteiger partial charge < -0.3 is 14.8 Å². The zero-order valence-corrected chi connectivity index (χ0v) is 13.0. The maximum absolute atomic E-state index is 12.4. The summed E-state index contributed by atoms with van der Waals surface area (Å²) < 4.78 is 47.8. The first-order valence-corrected chi connectivity index (χ1v) is 7.30. The molecule has 0 saturated heterocycles. The quantitative estimate of drug-likeness (QED) is 0.874. The summed E-state index contributed by atoms with van der Waals surface area (Å²) in [6, 6.07) is 5.80. The van der Waals surface area contributed by atoms with Crippen LogP contribution >= 0.6 is 0 Å². The highest BCUT2D eigenvalue weighted by Gasteiger charge is 2.29. The molecule has 0 bridgehead atoms. The van der Waals surface area contributed by atoms with Crippen molar-refractivity contribution in [2.45, 2.75) is 25.7 Å². The Morgan fingerprint density at radius 2 is 1.96 bits per heavy atom. The summed E-state index contributed by atoms with van der Waals surface area (Å²) in [5.74, 6) is 1.21. The van der Waals surface area contributed by atoms with Crippen LogP contribution in [0.15, 0.2) is 33.9 Å². The number of halogens is 3. The van der Waals surface area contributed by atoms with Crippen LogP contribution in [0.3, 0.4) is 0 Å². The second-order valence-corrected chi connectivity index (χ2v) is 5.51. The largest absolute Gasteiger partial charge is 0.454 e. The Morgan fingerprint density at radius 3 is 2.64 bits per heavy atom. The lowest BCUT2D eigenvalue weighted by Crippen LogP contribution is -2.39. The van der Waals surface area contributed by atoms with Gasteiger partial charge in [-0.05, 0) is 24.6 Å². The van der Waals surface area contributed by atoms with E-state index in [1.54, 1.807) is 25.1 Å². The molecule has 2 heterocycles. The number of H-pyrrole nitrogens is 1. The standard InChI is InChI=1S/C15H14F3N3O4/c1-8(9-2-3-10-11(4-9)25-7-24-10)19-12-5-13(22)21(14(23)20-12)6-15(16,17)18/h2-5,8,19H,6-7H2,1H3,(H,20,23). The van der Waals surface area contributed by atoms with E-state index in [-0.39, 0.29) is 23.2 Å². The van der Waals surface area contributed by atoms with Crippen LogP contribution in [-0.4, -0.2) is 22.5 Å². The topological polar surface area (TPSA) is 85.4 Å². The lowest BCUT2D eigenvalue weighted by Gasteiger charge is -2.16. The first-order chi connectivity index (χ1) is 11.7. The van der Waals surface area contributed by atoms with E-state index < -0.39 is 24.0 Å². The van der Waals surface area contributed by atoms with Gasteiger partial charge in [0.25, 0.3) is 5.56 Å². The van der Waals surface area contributed by atoms with Crippen molar-refractivity contribution in [2.75, 3.05) is 12.1 Å². The van der Waals surface area contributed by atoms with Gasteiger partial charge in [-0.3, -0.25) is 14.3 Å². The molecule has 25 heavy (non-hydrogen) atoms. The van der Waals surface area contributed by atoms with Crippen LogP contribution in [0, 0.1) is 0 Å². The number of nitrogens with zero attached hydrogens (tertiary/aromatic N) is 1. The summed E-state index contributed by atoms with van der Waals surface area (Å²) in [5.41, 5.74) is -1.39. The molecule has 0 aliphatic carbocycles. The Morgan fingerprint density at radius 1 is 1.24 bits per heavy atom. The Bertz CT molecular complexity index is 873. The van der Waals surface area contributed by atoms with Crippen molar-refractivity contribution in [1.82, 2.24) is 9.55 Å². The van der Waals surface area contributed by atoms with Crippen molar-refractivity contribution in [2.24, 2.45) is 0 Å². The number of aromatic amines is 1. The summed E-state index contributed by atoms with van der Waals surface area (Å²) in [6.07, 6.45) is -4.66. The molecular formula is C15H14F3N3O4. The first-order valence-electron chi connectivity index (χ1n) is 7.30. The van der Waals surface area contributed by atoms with Gasteiger partial charge in [0, 0.05) is 6.07 Å². The third-order valence-electron chi connectivity index (χ3n) is 3.63. The van der Waals surface area contributed by atoms with Gasteiger partial charge in [0.2, 0.25) is 6.79 Å². The van der Waals surface area contributed by atoms with Crippen LogP contribution < -0.4 is 26.0 Å². The monoisotopic (exact) mass is 357 g/mol. The second kappa shape index (κ2) is 6.19. The Kier molecular flexibility index (Phi) is 4.19. The van der Waals surface area contributed by atoms with Crippen molar-refractivity contribution in [3.63, 3.8) is 0 Å². The van der Waals surface area contributed by atoms with Crippen LogP contribution in [0.5, 0.6) is 11.5 Å². The van der Waals surface area contributed by atoms with Gasteiger partial charge in [-0.1, -0.05) is 6.07 Å². The molecule has 3 rings (SSSR count). The van der Waals surface area contributed by atoms with Crippen molar-refractivity contribution < 1.29 is 22.6 Å². The van der Waals surface area contributed by atoms with Crippen LogP contribution in [-0.2, 0) is 6.54 Å². The molecule has 7 nitrogen and oxygen atoms in total. The van der Waals surface area contributed by atoms with Crippen LogP contribution in [0.4, 0.5) is 19.0 Å². The molecule has 1 unspecified atom stereocenters. The number of hydrogen-bond donors (Lipinski definition) is 2. The van der Waals surface area contributed by atoms with E-state index in [1.807, 2.05) is 0 Å². The van der Waals surface area contributed by atoms with E-state index >= 15 is 0 Å². The number of rotatable bonds is 4. The van der Waals surface area contributed by atoms with Crippen molar-refractivity contribution in [1.29, 1.82) is 0 Å². The maximum atomic E-state index is 12.4. The lowest BCUT2D eigenvalue weighted by molar-refractivity contribution is -0.141. The molecule has 1 aromatic heterocycles. The molecule has 0 amide bonds. The van der Waals surface area contributed by atoms with E-state index in [0.29, 0.717) is 11.5 Å². The van der Waals surface area contributed by atoms with Gasteiger partial charge in [0.15, 0.2) is 11.5 Å². The molecule has 0 radical (unpaired) electrons. The number of fused-ring (bicyclic) bond motifs is 1. The zero-order chi connectivity index (χ0) is 18.2. The number of aromatic nitrogens is 2. The number of nitrogens with one attached hydrogen (secondary N) is 2. The summed E-state index contributed by atoms with van der Waals surface area (Å²) in [4.78, 5) is 25.7. The van der Waals surface area contributed by atoms with Crippen LogP contribution in [0.25, 0.3) is 0 Å². The fourth-order valence-corrected chi connectivity index (χ4v) is 2.43. The van der Waals surface area contributed by atoms with E-state index in [1.165, 1.54) is 0 Å². The predicted molar refractivity (Wildman–Crippen MR) is 82.0 cm³/mol. The number of benzene rings is 1. The number of anilines is 1. The normalized spacial score (nSPS) is 14.4. The van der Waals surface area contributed by atoms with Crippen LogP contribution in [0.1, 0.15) is 18.5 Å². The molecule has 2 N–H and O–H groups in total. The third-order valence-corrected chi connectivity index (χ3v) is 3.63. The average Bonchev–Trinajstić information content (AvgIpc) is 2.97. The van der Waals surface area contributed by atoms with Gasteiger partial charge in [-0.25, -0.2) is 4.79 Å². The molecule has 10 heteroatoms. The summed E-state index contributed by atoms with van der Waals surface area (Å²) in [5, 5.41) is 2.87. The highest BCUT2D eigenvalue weighted by Crippen LogP contribution is 2.34. The molecule has 134 valence electrons. The van der Waals surface area contributed by atoms with E-state index in [9.17, 15) is 22.8 Å². The predicted octanol–water partition coefficient (Wildman–Crippen LogP) is 2.00. The van der Waals surface area contributed by atoms with Gasteiger partial charge in [0.1, 0.15) is 12.4 Å². The first kappa shape index (κ1) is 16.9. The minimum Gasteiger partial charge on any atom is -0.454 e. The molecule has 1 atom stereocenters. The van der Waals surface area contributed by atoms with Gasteiger partial charge in [-0.2, -0.15) is 13.2 Å². The Hall–Kier alpha value is -2.91. The summed E-state index contributed by atoms with van der Waals surface area (Å²) in [7, 11) is 0. The fourth-order valence-electron chi connectivity index (χ4n) is 2.43. The molecule has 1 aliphatic heterocycles. The van der Waals surface area contributed by atoms with Crippen molar-refractivity contribution in [3.05, 3.63) is 50.7 Å². The second-order valence-electron chi connectivity index (χ2n) is 5.51. The zero-order valence-electron chi connectivity index (χ0n) is 13.0. The molecule has 0 saturated carbocycles. The highest BCUT2D eigenvalue weighted by atomic mass is 19.4. The third kappa shape index (κ3) is 3.78. The van der Waals surface area contributed by atoms with E-state index in [4.69, 9.17) is 9.47 Å². The number of hydrogen-bond acceptors (Lipinski definition) is 5. The molecule has 2 aromatic rings. The average molecular weight is 357 g/mol. The Labute approximate surface area is 139 Å². The maximum Gasteiger partial charge on any atom is 0.406 e. The number of alkyl halides is 3. The number of ether oxygens (including phenoxy) is 2. The van der Waals surface area contributed by atoms with Gasteiger partial charge in [0.05, 0.1) is 6.04 Å². The fraction of sp³-hybridized carbons (Fsp3) is 0.333. The van der Waals surface area contributed by atoms with Crippen molar-refractivity contribution in [3.8, 4) is 11.5 Å². The SMILES string of the molecule is CC(Nc1cc(=O)n(CC(F)(F)F)c(=O)[nH]1)c1ccc2c(c1)OCO2. The smallest absolute Gasteiger partial charge is 0.406 e. The molecule has 1 aliphatic rings. The minimum absolute atomic E-state index is 0.0265. The van der Waals surface area contributed by atoms with Gasteiger partial charge in [-0.15, -0.1) is 0 Å². The molecule has 1 aromatic carbocycles. The molecular weight excluding hydrogens is 343 g/mol. The van der Waals surface area contributed by atoms with Gasteiger partial charge >= 0.3 is 11.9 Å². The van der Waals surface area contributed by atoms with Crippen LogP contribution in [0.2, 0.25) is 0 Å². The summed E-state index contributed by atoms with van der Waals surface area (Å²) >= 11 is 0. The van der Waals surface area contributed by atoms with E-state index in [2.05, 4.69) is 10.3 Å². The van der Waals surface area contributed by atoms with E-state index in [0.717, 1.165) is 11.6 Å². The molecule has 0 fully saturated rings. The highest BCUT2D eigenvalue weighted by molar-refractivity contribution is 5.47. The van der Waals surface area contributed by atoms with Crippen molar-refractivity contribution >= 4 is 5.82 Å².